The minimum atomic E-state index is -4.83. The predicted octanol–water partition coefficient (Wildman–Crippen LogP) is 5.35. The van der Waals surface area contributed by atoms with Crippen molar-refractivity contribution >= 4 is 11.7 Å². The van der Waals surface area contributed by atoms with E-state index >= 15 is 0 Å². The highest BCUT2D eigenvalue weighted by atomic mass is 19.4. The van der Waals surface area contributed by atoms with Crippen molar-refractivity contribution < 1.29 is 40.6 Å². The van der Waals surface area contributed by atoms with Crippen LogP contribution < -0.4 is 25.4 Å². The fraction of sp³-hybridized carbons (Fsp3) is 0.480. The zero-order valence-electron chi connectivity index (χ0n) is 20.5. The molecular weight excluding hydrogens is 518 g/mol. The van der Waals surface area contributed by atoms with Crippen molar-refractivity contribution in [1.29, 1.82) is 0 Å². The molecule has 2 aliphatic heterocycles. The van der Waals surface area contributed by atoms with E-state index in [9.17, 15) is 31.1 Å². The molecule has 38 heavy (non-hydrogen) atoms. The molecule has 4 rings (SSSR count). The summed E-state index contributed by atoms with van der Waals surface area (Å²) in [7, 11) is 0. The van der Waals surface area contributed by atoms with E-state index in [4.69, 9.17) is 4.74 Å². The van der Waals surface area contributed by atoms with Gasteiger partial charge >= 0.3 is 18.6 Å². The summed E-state index contributed by atoms with van der Waals surface area (Å²) in [6, 6.07) is 9.45. The molecule has 0 radical (unpaired) electrons. The molecule has 3 unspecified atom stereocenters. The number of urea groups is 1. The number of alkyl halides is 6. The average Bonchev–Trinajstić information content (AvgIpc) is 2.81. The molecule has 208 valence electrons. The van der Waals surface area contributed by atoms with E-state index in [0.29, 0.717) is 25.9 Å². The molecular formula is C25H28F6N4O3. The van der Waals surface area contributed by atoms with Crippen molar-refractivity contribution in [3.8, 4) is 11.5 Å². The largest absolute Gasteiger partial charge is 0.573 e. The minimum Gasteiger partial charge on any atom is -0.473 e. The lowest BCUT2D eigenvalue weighted by molar-refractivity contribution is -0.274. The molecule has 2 fully saturated rings. The lowest BCUT2D eigenvalue weighted by Gasteiger charge is -2.53. The Morgan fingerprint density at radius 1 is 1.11 bits per heavy atom. The van der Waals surface area contributed by atoms with E-state index < -0.39 is 42.1 Å². The van der Waals surface area contributed by atoms with Gasteiger partial charge in [0, 0.05) is 17.8 Å². The second-order valence-corrected chi connectivity index (χ2v) is 9.10. The number of piperidine rings is 1. The van der Waals surface area contributed by atoms with E-state index in [2.05, 4.69) is 20.7 Å². The molecule has 7 nitrogen and oxygen atoms in total. The third-order valence-electron chi connectivity index (χ3n) is 6.79. The van der Waals surface area contributed by atoms with Crippen LogP contribution in [0, 0.1) is 0 Å². The van der Waals surface area contributed by atoms with E-state index in [1.165, 1.54) is 29.2 Å². The van der Waals surface area contributed by atoms with Crippen molar-refractivity contribution in [1.82, 2.24) is 15.5 Å². The first kappa shape index (κ1) is 27.8. The number of amides is 2. The molecule has 13 heteroatoms. The van der Waals surface area contributed by atoms with Gasteiger partial charge in [-0.2, -0.15) is 13.2 Å². The van der Waals surface area contributed by atoms with E-state index in [1.54, 1.807) is 19.1 Å². The Bertz CT molecular complexity index is 1110. The maximum Gasteiger partial charge on any atom is 0.573 e. The number of carbonyl (C=O) groups excluding carboxylic acids is 1. The van der Waals surface area contributed by atoms with Crippen LogP contribution in [0.1, 0.15) is 31.7 Å². The molecule has 2 aromatic carbocycles. The number of hydrogen-bond donors (Lipinski definition) is 3. The highest BCUT2D eigenvalue weighted by molar-refractivity contribution is 5.89. The number of anilines is 1. The first-order valence-corrected chi connectivity index (χ1v) is 12.2. The summed E-state index contributed by atoms with van der Waals surface area (Å²) in [5.41, 5.74) is -1.90. The van der Waals surface area contributed by atoms with Crippen LogP contribution in [-0.2, 0) is 5.54 Å². The van der Waals surface area contributed by atoms with Crippen molar-refractivity contribution in [2.75, 3.05) is 25.0 Å². The Morgan fingerprint density at radius 3 is 2.42 bits per heavy atom. The quantitative estimate of drug-likeness (QED) is 0.409. The minimum absolute atomic E-state index is 0.0253. The van der Waals surface area contributed by atoms with Gasteiger partial charge in [-0.15, -0.1) is 13.2 Å². The molecule has 3 N–H and O–H groups in total. The molecule has 0 spiro atoms. The molecule has 2 aliphatic rings. The first-order valence-electron chi connectivity index (χ1n) is 12.2. The fourth-order valence-corrected chi connectivity index (χ4v) is 4.96. The second-order valence-electron chi connectivity index (χ2n) is 9.10. The Hall–Kier alpha value is -3.19. The maximum atomic E-state index is 14.4. The summed E-state index contributed by atoms with van der Waals surface area (Å²) in [6.45, 7) is 2.77. The van der Waals surface area contributed by atoms with E-state index in [1.807, 2.05) is 0 Å². The molecule has 2 saturated heterocycles. The smallest absolute Gasteiger partial charge is 0.473 e. The zero-order chi connectivity index (χ0) is 27.6. The van der Waals surface area contributed by atoms with Gasteiger partial charge in [-0.05, 0) is 62.7 Å². The van der Waals surface area contributed by atoms with Crippen LogP contribution in [-0.4, -0.2) is 55.4 Å². The van der Waals surface area contributed by atoms with Crippen molar-refractivity contribution in [2.24, 2.45) is 0 Å². The van der Waals surface area contributed by atoms with Gasteiger partial charge in [0.2, 0.25) is 0 Å². The van der Waals surface area contributed by atoms with Gasteiger partial charge < -0.3 is 20.1 Å². The summed E-state index contributed by atoms with van der Waals surface area (Å²) in [5.74, 6) is -0.355. The van der Waals surface area contributed by atoms with Crippen LogP contribution in [0.15, 0.2) is 48.5 Å². The monoisotopic (exact) mass is 546 g/mol. The third kappa shape index (κ3) is 5.93. The Morgan fingerprint density at radius 2 is 1.82 bits per heavy atom. The molecule has 0 saturated carbocycles. The standard InChI is InChI=1S/C25H28F6N4O3/c1-2-35-15-13-23(35,24(26,27)28)18-6-3-4-8-20(18)37-21-19(7-5-14-32-21)34-22(36)33-16-9-11-17(12-10-16)38-25(29,30)31/h3-4,6,8-12,19,21,32H,2,5,7,13-15H2,1H3,(H2,33,34,36). The molecule has 0 aromatic heterocycles. The van der Waals surface area contributed by atoms with Crippen LogP contribution in [0.5, 0.6) is 11.5 Å². The summed E-state index contributed by atoms with van der Waals surface area (Å²) < 4.78 is 90.0. The molecule has 0 aliphatic carbocycles. The van der Waals surface area contributed by atoms with Crippen LogP contribution in [0.3, 0.4) is 0 Å². The van der Waals surface area contributed by atoms with Gasteiger partial charge in [0.25, 0.3) is 0 Å². The Balaban J connectivity index is 1.46. The van der Waals surface area contributed by atoms with E-state index in [0.717, 1.165) is 12.1 Å². The van der Waals surface area contributed by atoms with Crippen LogP contribution in [0.2, 0.25) is 0 Å². The topological polar surface area (TPSA) is 74.9 Å². The first-order chi connectivity index (χ1) is 17.9. The molecule has 2 heterocycles. The maximum absolute atomic E-state index is 14.4. The van der Waals surface area contributed by atoms with E-state index in [-0.39, 0.29) is 30.0 Å². The number of ether oxygens (including phenoxy) is 2. The summed E-state index contributed by atoms with van der Waals surface area (Å²) in [5, 5.41) is 8.38. The molecule has 0 bridgehead atoms. The van der Waals surface area contributed by atoms with Crippen molar-refractivity contribution in [2.45, 2.75) is 56.5 Å². The number of nitrogens with zero attached hydrogens (tertiary/aromatic N) is 1. The highest BCUT2D eigenvalue weighted by Crippen LogP contribution is 2.54. The van der Waals surface area contributed by atoms with Gasteiger partial charge in [-0.3, -0.25) is 10.2 Å². The number of rotatable bonds is 7. The number of nitrogens with one attached hydrogen (secondary N) is 3. The number of benzene rings is 2. The van der Waals surface area contributed by atoms with Crippen LogP contribution in [0.4, 0.5) is 36.8 Å². The Kier molecular flexibility index (Phi) is 7.98. The van der Waals surface area contributed by atoms with Gasteiger partial charge in [-0.1, -0.05) is 25.1 Å². The van der Waals surface area contributed by atoms with Gasteiger partial charge in [0.05, 0.1) is 6.04 Å². The normalized spacial score (nSPS) is 24.3. The predicted molar refractivity (Wildman–Crippen MR) is 127 cm³/mol. The Labute approximate surface area is 215 Å². The number of halogens is 6. The SMILES string of the molecule is CCN1CCC1(c1ccccc1OC1NCCCC1NC(=O)Nc1ccc(OC(F)(F)F)cc1)C(F)(F)F. The highest BCUT2D eigenvalue weighted by Gasteiger charge is 2.64. The second kappa shape index (κ2) is 10.9. The summed E-state index contributed by atoms with van der Waals surface area (Å²) >= 11 is 0. The van der Waals surface area contributed by atoms with Crippen LogP contribution in [0.25, 0.3) is 0 Å². The van der Waals surface area contributed by atoms with Gasteiger partial charge in [0.15, 0.2) is 6.23 Å². The van der Waals surface area contributed by atoms with Crippen molar-refractivity contribution in [3.63, 3.8) is 0 Å². The van der Waals surface area contributed by atoms with Gasteiger partial charge in [-0.25, -0.2) is 4.79 Å². The van der Waals surface area contributed by atoms with Crippen LogP contribution >= 0.6 is 0 Å². The number of likely N-dealkylation sites (tertiary alicyclic amines) is 1. The average molecular weight is 547 g/mol. The number of hydrogen-bond acceptors (Lipinski definition) is 5. The third-order valence-corrected chi connectivity index (χ3v) is 6.79. The van der Waals surface area contributed by atoms with Gasteiger partial charge in [0.1, 0.15) is 17.0 Å². The molecule has 2 amide bonds. The summed E-state index contributed by atoms with van der Waals surface area (Å²) in [6.07, 6.45) is -9.05. The lowest BCUT2D eigenvalue weighted by atomic mass is 9.77. The molecule has 2 aromatic rings. The lowest BCUT2D eigenvalue weighted by Crippen LogP contribution is -2.65. The van der Waals surface area contributed by atoms with Crippen molar-refractivity contribution in [3.05, 3.63) is 54.1 Å². The molecule has 3 atom stereocenters. The number of carbonyl (C=O) groups is 1. The zero-order valence-corrected chi connectivity index (χ0v) is 20.5. The summed E-state index contributed by atoms with van der Waals surface area (Å²) in [4.78, 5) is 14.0. The fourth-order valence-electron chi connectivity index (χ4n) is 4.96. The number of para-hydroxylation sites is 1.